The first-order valence-electron chi connectivity index (χ1n) is 4.89. The molecule has 0 spiro atoms. The van der Waals surface area contributed by atoms with E-state index in [4.69, 9.17) is 0 Å². The second-order valence-corrected chi connectivity index (χ2v) is 4.84. The molecule has 0 saturated carbocycles. The van der Waals surface area contributed by atoms with Crippen molar-refractivity contribution in [2.75, 3.05) is 0 Å². The highest BCUT2D eigenvalue weighted by Crippen LogP contribution is 2.22. The number of aromatic nitrogens is 1. The predicted molar refractivity (Wildman–Crippen MR) is 70.5 cm³/mol. The van der Waals surface area contributed by atoms with Crippen LogP contribution in [0.1, 0.15) is 5.56 Å². The van der Waals surface area contributed by atoms with Gasteiger partial charge in [0.1, 0.15) is 7.05 Å². The van der Waals surface area contributed by atoms with Gasteiger partial charge in [-0.1, -0.05) is 12.1 Å². The lowest BCUT2D eigenvalue weighted by Crippen LogP contribution is -2.30. The van der Waals surface area contributed by atoms with Crippen molar-refractivity contribution in [1.82, 2.24) is 0 Å². The zero-order chi connectivity index (χ0) is 10.8. The third-order valence-electron chi connectivity index (χ3n) is 2.46. The predicted octanol–water partition coefficient (Wildman–Crippen LogP) is 3.09. The molecule has 2 heteroatoms. The van der Waals surface area contributed by atoms with Gasteiger partial charge < -0.3 is 0 Å². The van der Waals surface area contributed by atoms with E-state index < -0.39 is 0 Å². The van der Waals surface area contributed by atoms with Gasteiger partial charge in [-0.2, -0.15) is 0 Å². The molecule has 0 fully saturated rings. The molecule has 0 N–H and O–H groups in total. The van der Waals surface area contributed by atoms with Crippen molar-refractivity contribution in [3.63, 3.8) is 0 Å². The summed E-state index contributed by atoms with van der Waals surface area (Å²) in [6.45, 7) is 2.12. The highest BCUT2D eigenvalue weighted by molar-refractivity contribution is 14.1. The molecular weight excluding hydrogens is 297 g/mol. The van der Waals surface area contributed by atoms with Gasteiger partial charge in [-0.15, -0.1) is 0 Å². The third kappa shape index (κ3) is 2.20. The number of halogens is 1. The Kier molecular flexibility index (Phi) is 3.05. The summed E-state index contributed by atoms with van der Waals surface area (Å²) in [5, 5.41) is 0. The lowest BCUT2D eigenvalue weighted by molar-refractivity contribution is -0.660. The maximum Gasteiger partial charge on any atom is 0.213 e. The molecule has 1 nitrogen and oxygen atoms in total. The molecule has 1 aromatic heterocycles. The van der Waals surface area contributed by atoms with Gasteiger partial charge >= 0.3 is 0 Å². The van der Waals surface area contributed by atoms with Crippen molar-refractivity contribution in [3.05, 3.63) is 51.7 Å². The Morgan fingerprint density at radius 2 is 1.87 bits per heavy atom. The van der Waals surface area contributed by atoms with Gasteiger partial charge in [0.05, 0.1) is 5.56 Å². The second kappa shape index (κ2) is 4.31. The molecule has 0 aliphatic rings. The molecule has 0 unspecified atom stereocenters. The fraction of sp³-hybridized carbons (Fsp3) is 0.154. The van der Waals surface area contributed by atoms with E-state index >= 15 is 0 Å². The van der Waals surface area contributed by atoms with Gasteiger partial charge in [0.15, 0.2) is 6.20 Å². The highest BCUT2D eigenvalue weighted by Gasteiger charge is 2.11. The molecule has 2 aromatic rings. The molecule has 0 amide bonds. The van der Waals surface area contributed by atoms with Crippen LogP contribution in [0.3, 0.4) is 0 Å². The Morgan fingerprint density at radius 3 is 2.60 bits per heavy atom. The monoisotopic (exact) mass is 310 g/mol. The van der Waals surface area contributed by atoms with Gasteiger partial charge in [0.25, 0.3) is 0 Å². The summed E-state index contributed by atoms with van der Waals surface area (Å²) in [7, 11) is 2.08. The maximum atomic E-state index is 2.38. The van der Waals surface area contributed by atoms with Crippen molar-refractivity contribution in [2.24, 2.45) is 7.05 Å². The first kappa shape index (κ1) is 10.6. The Labute approximate surface area is 104 Å². The minimum absolute atomic E-state index is 1.26. The average molecular weight is 310 g/mol. The van der Waals surface area contributed by atoms with Crippen LogP contribution in [0.25, 0.3) is 11.3 Å². The van der Waals surface area contributed by atoms with Crippen LogP contribution in [-0.2, 0) is 7.05 Å². The Bertz CT molecular complexity index is 492. The fourth-order valence-corrected chi connectivity index (χ4v) is 2.28. The molecule has 0 atom stereocenters. The molecule has 1 heterocycles. The minimum atomic E-state index is 1.26. The maximum absolute atomic E-state index is 2.38. The summed E-state index contributed by atoms with van der Waals surface area (Å²) in [4.78, 5) is 0. The van der Waals surface area contributed by atoms with E-state index in [1.165, 1.54) is 20.4 Å². The number of benzene rings is 1. The Hall–Kier alpha value is -0.900. The van der Waals surface area contributed by atoms with Crippen molar-refractivity contribution in [1.29, 1.82) is 0 Å². The van der Waals surface area contributed by atoms with Crippen molar-refractivity contribution in [2.45, 2.75) is 6.92 Å². The zero-order valence-corrected chi connectivity index (χ0v) is 11.0. The Morgan fingerprint density at radius 1 is 1.13 bits per heavy atom. The van der Waals surface area contributed by atoms with Gasteiger partial charge in [-0.25, -0.2) is 4.57 Å². The van der Waals surface area contributed by atoms with Gasteiger partial charge in [-0.05, 0) is 47.2 Å². The molecule has 0 radical (unpaired) electrons. The summed E-state index contributed by atoms with van der Waals surface area (Å²) in [6.07, 6.45) is 2.10. The summed E-state index contributed by atoms with van der Waals surface area (Å²) < 4.78 is 3.45. The van der Waals surface area contributed by atoms with Crippen LogP contribution >= 0.6 is 22.6 Å². The van der Waals surface area contributed by atoms with E-state index in [9.17, 15) is 0 Å². The summed E-state index contributed by atoms with van der Waals surface area (Å²) >= 11 is 2.38. The quantitative estimate of drug-likeness (QED) is 0.563. The molecular formula is C13H13IN+. The fourth-order valence-electron chi connectivity index (χ4n) is 1.61. The number of rotatable bonds is 1. The topological polar surface area (TPSA) is 3.88 Å². The number of hydrogen-bond donors (Lipinski definition) is 0. The van der Waals surface area contributed by atoms with E-state index in [1.54, 1.807) is 0 Å². The largest absolute Gasteiger partial charge is 0.213 e. The standard InChI is InChI=1S/C13H13IN/c1-10-7-8-15(2)13(9-10)11-5-3-4-6-12(11)14/h3-9H,1-2H3/q+1. The number of pyridine rings is 1. The number of hydrogen-bond acceptors (Lipinski definition) is 0. The van der Waals surface area contributed by atoms with Crippen LogP contribution in [0.15, 0.2) is 42.6 Å². The van der Waals surface area contributed by atoms with Crippen LogP contribution in [-0.4, -0.2) is 0 Å². The molecule has 76 valence electrons. The zero-order valence-electron chi connectivity index (χ0n) is 8.87. The van der Waals surface area contributed by atoms with Crippen LogP contribution < -0.4 is 4.57 Å². The van der Waals surface area contributed by atoms with Crippen LogP contribution in [0.4, 0.5) is 0 Å². The lowest BCUT2D eigenvalue weighted by Gasteiger charge is -2.03. The van der Waals surface area contributed by atoms with Gasteiger partial charge in [0.2, 0.25) is 5.69 Å². The minimum Gasteiger partial charge on any atom is -0.201 e. The normalized spacial score (nSPS) is 10.3. The van der Waals surface area contributed by atoms with Crippen LogP contribution in [0, 0.1) is 10.5 Å². The van der Waals surface area contributed by atoms with Gasteiger partial charge in [-0.3, -0.25) is 0 Å². The summed E-state index contributed by atoms with van der Waals surface area (Å²) in [5.41, 5.74) is 3.85. The second-order valence-electron chi connectivity index (χ2n) is 3.68. The first-order valence-corrected chi connectivity index (χ1v) is 5.97. The third-order valence-corrected chi connectivity index (χ3v) is 3.40. The number of nitrogens with zero attached hydrogens (tertiary/aromatic N) is 1. The van der Waals surface area contributed by atoms with E-state index in [0.29, 0.717) is 0 Å². The molecule has 15 heavy (non-hydrogen) atoms. The van der Waals surface area contributed by atoms with E-state index in [1.807, 2.05) is 0 Å². The highest BCUT2D eigenvalue weighted by atomic mass is 127. The van der Waals surface area contributed by atoms with E-state index in [-0.39, 0.29) is 0 Å². The smallest absolute Gasteiger partial charge is 0.201 e. The number of aryl methyl sites for hydroxylation is 2. The SMILES string of the molecule is Cc1cc[n+](C)c(-c2ccccc2I)c1. The molecule has 0 aliphatic carbocycles. The Balaban J connectivity index is 2.64. The van der Waals surface area contributed by atoms with E-state index in [0.717, 1.165) is 0 Å². The van der Waals surface area contributed by atoms with Crippen LogP contribution in [0.2, 0.25) is 0 Å². The molecule has 0 aliphatic heterocycles. The van der Waals surface area contributed by atoms with Crippen molar-refractivity contribution in [3.8, 4) is 11.3 Å². The molecule has 0 bridgehead atoms. The van der Waals surface area contributed by atoms with Crippen molar-refractivity contribution >= 4 is 22.6 Å². The summed E-state index contributed by atoms with van der Waals surface area (Å²) in [6, 6.07) is 12.8. The average Bonchev–Trinajstić information content (AvgIpc) is 2.23. The first-order chi connectivity index (χ1) is 7.18. The van der Waals surface area contributed by atoms with Crippen molar-refractivity contribution < 1.29 is 4.57 Å². The molecule has 2 rings (SSSR count). The van der Waals surface area contributed by atoms with Crippen LogP contribution in [0.5, 0.6) is 0 Å². The van der Waals surface area contributed by atoms with Gasteiger partial charge in [0, 0.05) is 15.7 Å². The summed E-state index contributed by atoms with van der Waals surface area (Å²) in [5.74, 6) is 0. The molecule has 1 aromatic carbocycles. The molecule has 0 saturated heterocycles. The van der Waals surface area contributed by atoms with E-state index in [2.05, 4.69) is 83.7 Å². The lowest BCUT2D eigenvalue weighted by atomic mass is 10.1.